The summed E-state index contributed by atoms with van der Waals surface area (Å²) >= 11 is 0. The highest BCUT2D eigenvalue weighted by Gasteiger charge is 2.23. The van der Waals surface area contributed by atoms with Crippen LogP contribution in [0.3, 0.4) is 0 Å². The number of anilines is 1. The molecule has 3 heterocycles. The van der Waals surface area contributed by atoms with E-state index in [0.29, 0.717) is 44.3 Å². The van der Waals surface area contributed by atoms with Crippen LogP contribution in [0.25, 0.3) is 5.78 Å². The zero-order valence-corrected chi connectivity index (χ0v) is 13.0. The van der Waals surface area contributed by atoms with Crippen LogP contribution in [0.2, 0.25) is 0 Å². The highest BCUT2D eigenvalue weighted by Crippen LogP contribution is 2.11. The molecule has 9 nitrogen and oxygen atoms in total. The number of hydrogen-bond acceptors (Lipinski definition) is 7. The van der Waals surface area contributed by atoms with Crippen LogP contribution >= 0.6 is 0 Å². The summed E-state index contributed by atoms with van der Waals surface area (Å²) in [7, 11) is 0. The van der Waals surface area contributed by atoms with E-state index in [9.17, 15) is 4.79 Å². The fourth-order valence-corrected chi connectivity index (χ4v) is 2.73. The molecule has 24 heavy (non-hydrogen) atoms. The molecular formula is C15H16N8O. The van der Waals surface area contributed by atoms with Crippen molar-refractivity contribution in [3.05, 3.63) is 42.2 Å². The van der Waals surface area contributed by atoms with Crippen molar-refractivity contribution in [1.29, 1.82) is 0 Å². The van der Waals surface area contributed by atoms with Crippen LogP contribution in [-0.2, 0) is 11.2 Å². The van der Waals surface area contributed by atoms with Crippen molar-refractivity contribution in [3.8, 4) is 0 Å². The number of piperazine rings is 1. The van der Waals surface area contributed by atoms with Crippen molar-refractivity contribution < 1.29 is 4.79 Å². The lowest BCUT2D eigenvalue weighted by molar-refractivity contribution is -0.130. The molecule has 0 atom stereocenters. The second-order valence-corrected chi connectivity index (χ2v) is 5.61. The first-order valence-corrected chi connectivity index (χ1v) is 7.77. The van der Waals surface area contributed by atoms with Gasteiger partial charge in [0.15, 0.2) is 0 Å². The Hall–Kier alpha value is -3.10. The molecule has 0 bridgehead atoms. The monoisotopic (exact) mass is 324 g/mol. The summed E-state index contributed by atoms with van der Waals surface area (Å²) in [4.78, 5) is 16.3. The molecule has 0 unspecified atom stereocenters. The van der Waals surface area contributed by atoms with Crippen LogP contribution in [0, 0.1) is 0 Å². The van der Waals surface area contributed by atoms with Crippen molar-refractivity contribution in [2.75, 3.05) is 31.1 Å². The SMILES string of the molecule is O=C(Cc1ccccc1)N1CCN(c2nnc3nncn3n2)CC1. The molecule has 0 saturated carbocycles. The van der Waals surface area contributed by atoms with Gasteiger partial charge >= 0.3 is 0 Å². The Morgan fingerprint density at radius 3 is 2.58 bits per heavy atom. The van der Waals surface area contributed by atoms with Crippen LogP contribution in [0.15, 0.2) is 36.7 Å². The van der Waals surface area contributed by atoms with Gasteiger partial charge in [0.1, 0.15) is 6.33 Å². The average Bonchev–Trinajstić information content (AvgIpc) is 3.10. The van der Waals surface area contributed by atoms with E-state index < -0.39 is 0 Å². The van der Waals surface area contributed by atoms with Crippen LogP contribution in [-0.4, -0.2) is 67.0 Å². The highest BCUT2D eigenvalue weighted by molar-refractivity contribution is 5.79. The summed E-state index contributed by atoms with van der Waals surface area (Å²) in [6, 6.07) is 9.80. The van der Waals surface area contributed by atoms with Crippen LogP contribution in [0.5, 0.6) is 0 Å². The van der Waals surface area contributed by atoms with E-state index in [-0.39, 0.29) is 5.91 Å². The molecule has 0 spiro atoms. The Labute approximate surface area is 137 Å². The maximum absolute atomic E-state index is 12.4. The Bertz CT molecular complexity index is 841. The largest absolute Gasteiger partial charge is 0.339 e. The van der Waals surface area contributed by atoms with Crippen LogP contribution in [0.1, 0.15) is 5.56 Å². The first kappa shape index (κ1) is 14.5. The minimum atomic E-state index is 0.147. The van der Waals surface area contributed by atoms with Gasteiger partial charge in [0.05, 0.1) is 6.42 Å². The number of rotatable bonds is 3. The zero-order valence-electron chi connectivity index (χ0n) is 13.0. The molecule has 2 aromatic heterocycles. The Morgan fingerprint density at radius 2 is 1.79 bits per heavy atom. The van der Waals surface area contributed by atoms with Crippen molar-refractivity contribution in [2.45, 2.75) is 6.42 Å². The third-order valence-corrected chi connectivity index (χ3v) is 4.05. The maximum atomic E-state index is 12.4. The first-order chi connectivity index (χ1) is 11.8. The van der Waals surface area contributed by atoms with Crippen molar-refractivity contribution in [2.24, 2.45) is 0 Å². The topological polar surface area (TPSA) is 92.4 Å². The van der Waals surface area contributed by atoms with Gasteiger partial charge < -0.3 is 9.80 Å². The Kier molecular flexibility index (Phi) is 3.73. The molecule has 0 aliphatic carbocycles. The van der Waals surface area contributed by atoms with E-state index in [0.717, 1.165) is 5.56 Å². The molecule has 1 fully saturated rings. The third-order valence-electron chi connectivity index (χ3n) is 4.05. The summed E-state index contributed by atoms with van der Waals surface area (Å²) in [5.41, 5.74) is 1.04. The van der Waals surface area contributed by atoms with Gasteiger partial charge in [-0.3, -0.25) is 4.79 Å². The van der Waals surface area contributed by atoms with Gasteiger partial charge in [-0.2, -0.15) is 4.52 Å². The van der Waals surface area contributed by atoms with Crippen LogP contribution < -0.4 is 4.90 Å². The van der Waals surface area contributed by atoms with Crippen LogP contribution in [0.4, 0.5) is 5.95 Å². The minimum Gasteiger partial charge on any atom is -0.339 e. The molecule has 1 aliphatic rings. The van der Waals surface area contributed by atoms with Gasteiger partial charge in [-0.15, -0.1) is 25.5 Å². The standard InChI is InChI=1S/C15H16N8O/c24-13(10-12-4-2-1-3-5-12)21-6-8-22(9-7-21)15-19-18-14-17-16-11-23(14)20-15/h1-5,11H,6-10H2. The highest BCUT2D eigenvalue weighted by atomic mass is 16.2. The van der Waals surface area contributed by atoms with Gasteiger partial charge in [0.2, 0.25) is 5.91 Å². The molecule has 1 aromatic carbocycles. The lowest BCUT2D eigenvalue weighted by atomic mass is 10.1. The summed E-state index contributed by atoms with van der Waals surface area (Å²) in [6.07, 6.45) is 1.93. The fourth-order valence-electron chi connectivity index (χ4n) is 2.73. The van der Waals surface area contributed by atoms with E-state index in [4.69, 9.17) is 0 Å². The molecule has 1 amide bonds. The molecule has 122 valence electrons. The Morgan fingerprint density at radius 1 is 1.00 bits per heavy atom. The second kappa shape index (κ2) is 6.19. The van der Waals surface area contributed by atoms with Crippen molar-refractivity contribution in [3.63, 3.8) is 0 Å². The molecule has 9 heteroatoms. The molecule has 4 rings (SSSR count). The molecule has 3 aromatic rings. The lowest BCUT2D eigenvalue weighted by Gasteiger charge is -2.34. The number of aromatic nitrogens is 6. The number of carbonyl (C=O) groups excluding carboxylic acids is 1. The van der Waals surface area contributed by atoms with E-state index in [1.807, 2.05) is 40.1 Å². The predicted molar refractivity (Wildman–Crippen MR) is 85.3 cm³/mol. The molecule has 1 aliphatic heterocycles. The van der Waals surface area contributed by atoms with E-state index in [1.54, 1.807) is 0 Å². The smallest absolute Gasteiger partial charge is 0.290 e. The number of fused-ring (bicyclic) bond motifs is 1. The van der Waals surface area contributed by atoms with Gasteiger partial charge in [-0.05, 0) is 5.56 Å². The molecule has 1 saturated heterocycles. The Balaban J connectivity index is 1.38. The summed E-state index contributed by atoms with van der Waals surface area (Å²) in [6.45, 7) is 2.65. The summed E-state index contributed by atoms with van der Waals surface area (Å²) in [5, 5.41) is 19.9. The number of nitrogens with zero attached hydrogens (tertiary/aromatic N) is 8. The molecular weight excluding hydrogens is 308 g/mol. The third kappa shape index (κ3) is 2.87. The quantitative estimate of drug-likeness (QED) is 0.659. The van der Waals surface area contributed by atoms with E-state index in [2.05, 4.69) is 25.5 Å². The number of hydrogen-bond donors (Lipinski definition) is 0. The van der Waals surface area contributed by atoms with E-state index in [1.165, 1.54) is 10.8 Å². The van der Waals surface area contributed by atoms with Crippen molar-refractivity contribution >= 4 is 17.6 Å². The number of amides is 1. The van der Waals surface area contributed by atoms with Gasteiger partial charge in [-0.25, -0.2) is 0 Å². The number of benzene rings is 1. The summed E-state index contributed by atoms with van der Waals surface area (Å²) < 4.78 is 1.50. The first-order valence-electron chi connectivity index (χ1n) is 7.77. The van der Waals surface area contributed by atoms with Crippen molar-refractivity contribution in [1.82, 2.24) is 34.9 Å². The van der Waals surface area contributed by atoms with Gasteiger partial charge in [0.25, 0.3) is 11.7 Å². The zero-order chi connectivity index (χ0) is 16.4. The molecule has 0 radical (unpaired) electrons. The minimum absolute atomic E-state index is 0.147. The lowest BCUT2D eigenvalue weighted by Crippen LogP contribution is -2.49. The fraction of sp³-hybridized carbons (Fsp3) is 0.333. The predicted octanol–water partition coefficient (Wildman–Crippen LogP) is -0.194. The van der Waals surface area contributed by atoms with Gasteiger partial charge in [-0.1, -0.05) is 30.3 Å². The summed E-state index contributed by atoms with van der Waals surface area (Å²) in [5.74, 6) is 1.04. The second-order valence-electron chi connectivity index (χ2n) is 5.61. The maximum Gasteiger partial charge on any atom is 0.290 e. The van der Waals surface area contributed by atoms with Gasteiger partial charge in [0, 0.05) is 26.2 Å². The van der Waals surface area contributed by atoms with E-state index >= 15 is 0 Å². The normalized spacial score (nSPS) is 15.0. The molecule has 0 N–H and O–H groups in total. The number of carbonyl (C=O) groups is 1. The average molecular weight is 324 g/mol.